The van der Waals surface area contributed by atoms with E-state index < -0.39 is 21.8 Å². The van der Waals surface area contributed by atoms with Crippen molar-refractivity contribution >= 4 is 23.2 Å². The van der Waals surface area contributed by atoms with Gasteiger partial charge in [-0.25, -0.2) is 9.78 Å². The quantitative estimate of drug-likeness (QED) is 0.418. The zero-order valence-corrected chi connectivity index (χ0v) is 18.0. The Bertz CT molecular complexity index is 1010. The molecule has 31 heavy (non-hydrogen) atoms. The van der Waals surface area contributed by atoms with Crippen LogP contribution >= 0.6 is 0 Å². The minimum Gasteiger partial charge on any atom is -0.444 e. The van der Waals surface area contributed by atoms with E-state index >= 15 is 0 Å². The lowest BCUT2D eigenvalue weighted by Gasteiger charge is -2.35. The number of ether oxygens (including phenoxy) is 1. The van der Waals surface area contributed by atoms with Crippen LogP contribution in [-0.4, -0.2) is 75.1 Å². The highest BCUT2D eigenvalue weighted by Gasteiger charge is 2.26. The Labute approximate surface area is 179 Å². The monoisotopic (exact) mass is 432 g/mol. The molecular formula is C20H28N6O5. The molecule has 11 heteroatoms. The minimum atomic E-state index is -0.712. The summed E-state index contributed by atoms with van der Waals surface area (Å²) in [5.41, 5.74) is -1.44. The number of hydrogen-bond donors (Lipinski definition) is 1. The summed E-state index contributed by atoms with van der Waals surface area (Å²) >= 11 is 0. The zero-order valence-electron chi connectivity index (χ0n) is 18.0. The van der Waals surface area contributed by atoms with E-state index in [2.05, 4.69) is 15.2 Å². The van der Waals surface area contributed by atoms with Gasteiger partial charge in [0.15, 0.2) is 0 Å². The molecule has 2 aromatic rings. The van der Waals surface area contributed by atoms with Crippen molar-refractivity contribution in [3.05, 3.63) is 44.9 Å². The third-order valence-corrected chi connectivity index (χ3v) is 4.86. The number of carbonyl (C=O) groups is 1. The summed E-state index contributed by atoms with van der Waals surface area (Å²) in [5.74, 6) is -0.0176. The fourth-order valence-corrected chi connectivity index (χ4v) is 3.36. The van der Waals surface area contributed by atoms with Gasteiger partial charge in [-0.3, -0.25) is 24.2 Å². The van der Waals surface area contributed by atoms with Gasteiger partial charge >= 0.3 is 17.3 Å². The molecule has 2 aromatic heterocycles. The molecule has 0 radical (unpaired) electrons. The Hall–Kier alpha value is -3.21. The van der Waals surface area contributed by atoms with Gasteiger partial charge in [-0.1, -0.05) is 6.07 Å². The van der Waals surface area contributed by atoms with Crippen LogP contribution in [0, 0.1) is 10.1 Å². The van der Waals surface area contributed by atoms with Crippen LogP contribution in [0.2, 0.25) is 0 Å². The van der Waals surface area contributed by atoms with Gasteiger partial charge in [0.25, 0.3) is 0 Å². The van der Waals surface area contributed by atoms with E-state index in [4.69, 9.17) is 4.74 Å². The molecule has 3 heterocycles. The maximum Gasteiger partial charge on any atom is 0.410 e. The van der Waals surface area contributed by atoms with Crippen molar-refractivity contribution in [2.45, 2.75) is 32.8 Å². The van der Waals surface area contributed by atoms with Gasteiger partial charge in [-0.2, -0.15) is 0 Å². The lowest BCUT2D eigenvalue weighted by molar-refractivity contribution is -0.385. The highest BCUT2D eigenvalue weighted by Crippen LogP contribution is 2.18. The van der Waals surface area contributed by atoms with Gasteiger partial charge in [0.05, 0.1) is 4.92 Å². The molecular weight excluding hydrogens is 404 g/mol. The van der Waals surface area contributed by atoms with Gasteiger partial charge in [0, 0.05) is 38.9 Å². The van der Waals surface area contributed by atoms with E-state index in [0.29, 0.717) is 31.7 Å². The number of carbonyl (C=O) groups excluding carboxylic acids is 1. The number of rotatable bonds is 6. The number of nitrogens with one attached hydrogen (secondary N) is 1. The number of amides is 1. The zero-order chi connectivity index (χ0) is 22.6. The maximum atomic E-state index is 12.4. The number of hydrogen-bond acceptors (Lipinski definition) is 8. The average molecular weight is 432 g/mol. The fraction of sp³-hybridized carbons (Fsp3) is 0.550. The summed E-state index contributed by atoms with van der Waals surface area (Å²) in [5, 5.41) is 14.3. The Morgan fingerprint density at radius 2 is 1.97 bits per heavy atom. The van der Waals surface area contributed by atoms with Crippen LogP contribution in [0.3, 0.4) is 0 Å². The molecule has 1 saturated heterocycles. The molecule has 1 aliphatic rings. The standard InChI is InChI=1S/C20H28N6O5/c1-20(2,3)31-19(28)24-13-11-23(12-14-24)9-6-8-21-17-16(26(29)30)18(27)25-10-5-4-7-15(25)22-17/h4-5,7,10,21H,6,8-9,11-14H2,1-3H3. The topological polar surface area (TPSA) is 122 Å². The van der Waals surface area contributed by atoms with Crippen molar-refractivity contribution in [3.63, 3.8) is 0 Å². The van der Waals surface area contributed by atoms with Crippen LogP contribution in [0.1, 0.15) is 27.2 Å². The predicted octanol–water partition coefficient (Wildman–Crippen LogP) is 1.96. The maximum absolute atomic E-state index is 12.4. The highest BCUT2D eigenvalue weighted by atomic mass is 16.6. The second-order valence-electron chi connectivity index (χ2n) is 8.39. The number of pyridine rings is 1. The van der Waals surface area contributed by atoms with Crippen LogP contribution in [0.4, 0.5) is 16.3 Å². The lowest BCUT2D eigenvalue weighted by Crippen LogP contribution is -2.50. The van der Waals surface area contributed by atoms with Crippen molar-refractivity contribution in [1.29, 1.82) is 0 Å². The summed E-state index contributed by atoms with van der Waals surface area (Å²) in [6.45, 7) is 9.38. The molecule has 0 unspecified atom stereocenters. The van der Waals surface area contributed by atoms with Gasteiger partial charge < -0.3 is 15.0 Å². The molecule has 0 saturated carbocycles. The van der Waals surface area contributed by atoms with E-state index in [1.165, 1.54) is 6.20 Å². The van der Waals surface area contributed by atoms with E-state index in [-0.39, 0.29) is 11.9 Å². The first-order chi connectivity index (χ1) is 14.7. The van der Waals surface area contributed by atoms with Crippen molar-refractivity contribution < 1.29 is 14.5 Å². The second kappa shape index (κ2) is 9.29. The van der Waals surface area contributed by atoms with E-state index in [9.17, 15) is 19.7 Å². The van der Waals surface area contributed by atoms with Crippen molar-refractivity contribution in [2.75, 3.05) is 44.6 Å². The van der Waals surface area contributed by atoms with E-state index in [1.807, 2.05) is 20.8 Å². The number of fused-ring (bicyclic) bond motifs is 1. The normalized spacial score (nSPS) is 15.1. The lowest BCUT2D eigenvalue weighted by atomic mass is 10.2. The molecule has 11 nitrogen and oxygen atoms in total. The van der Waals surface area contributed by atoms with Crippen LogP contribution in [0.25, 0.3) is 5.65 Å². The summed E-state index contributed by atoms with van der Waals surface area (Å²) in [6.07, 6.45) is 1.87. The molecule has 1 N–H and O–H groups in total. The number of nitrogens with zero attached hydrogens (tertiary/aromatic N) is 5. The third-order valence-electron chi connectivity index (χ3n) is 4.86. The van der Waals surface area contributed by atoms with Gasteiger partial charge in [-0.05, 0) is 45.9 Å². The molecule has 0 bridgehead atoms. The van der Waals surface area contributed by atoms with E-state index in [1.54, 1.807) is 23.1 Å². The van der Waals surface area contributed by atoms with Crippen molar-refractivity contribution in [3.8, 4) is 0 Å². The molecule has 0 aromatic carbocycles. The molecule has 0 spiro atoms. The van der Waals surface area contributed by atoms with Crippen LogP contribution < -0.4 is 10.9 Å². The molecule has 168 valence electrons. The largest absolute Gasteiger partial charge is 0.444 e. The van der Waals surface area contributed by atoms with Gasteiger partial charge in [0.1, 0.15) is 11.2 Å². The average Bonchev–Trinajstić information content (AvgIpc) is 2.70. The molecule has 3 rings (SSSR count). The third kappa shape index (κ3) is 5.69. The first kappa shape index (κ1) is 22.5. The Balaban J connectivity index is 1.51. The Kier molecular flexibility index (Phi) is 6.74. The molecule has 1 amide bonds. The fourth-order valence-electron chi connectivity index (χ4n) is 3.36. The summed E-state index contributed by atoms with van der Waals surface area (Å²) in [7, 11) is 0. The van der Waals surface area contributed by atoms with Crippen LogP contribution in [-0.2, 0) is 4.74 Å². The van der Waals surface area contributed by atoms with Crippen LogP contribution in [0.15, 0.2) is 29.2 Å². The van der Waals surface area contributed by atoms with Crippen molar-refractivity contribution in [2.24, 2.45) is 0 Å². The molecule has 0 aliphatic carbocycles. The smallest absolute Gasteiger partial charge is 0.410 e. The molecule has 0 atom stereocenters. The summed E-state index contributed by atoms with van der Waals surface area (Å²) in [4.78, 5) is 43.4. The van der Waals surface area contributed by atoms with E-state index in [0.717, 1.165) is 24.0 Å². The predicted molar refractivity (Wildman–Crippen MR) is 115 cm³/mol. The number of aromatic nitrogens is 2. The number of anilines is 1. The first-order valence-electron chi connectivity index (χ1n) is 10.3. The van der Waals surface area contributed by atoms with Gasteiger partial charge in [0.2, 0.25) is 5.82 Å². The number of nitro groups is 1. The highest BCUT2D eigenvalue weighted by molar-refractivity contribution is 5.68. The van der Waals surface area contributed by atoms with Crippen LogP contribution in [0.5, 0.6) is 0 Å². The van der Waals surface area contributed by atoms with Crippen molar-refractivity contribution in [1.82, 2.24) is 19.2 Å². The minimum absolute atomic E-state index is 0.0176. The Morgan fingerprint density at radius 1 is 1.26 bits per heavy atom. The summed E-state index contributed by atoms with van der Waals surface area (Å²) in [6, 6.07) is 4.96. The SMILES string of the molecule is CC(C)(C)OC(=O)N1CCN(CCCNc2nc3ccccn3c(=O)c2[N+](=O)[O-])CC1. The second-order valence-corrected chi connectivity index (χ2v) is 8.39. The molecule has 1 aliphatic heterocycles. The van der Waals surface area contributed by atoms with Gasteiger partial charge in [-0.15, -0.1) is 0 Å². The molecule has 1 fully saturated rings. The Morgan fingerprint density at radius 3 is 2.61 bits per heavy atom. The number of piperazine rings is 1. The summed E-state index contributed by atoms with van der Waals surface area (Å²) < 4.78 is 6.56. The first-order valence-corrected chi connectivity index (χ1v) is 10.3.